The number of para-hydroxylation sites is 1. The number of thiocarbonyl (C=S) groups is 1. The van der Waals surface area contributed by atoms with E-state index < -0.39 is 0 Å². The molecule has 0 aliphatic carbocycles. The van der Waals surface area contributed by atoms with Crippen LogP contribution in [0.5, 0.6) is 5.75 Å². The Morgan fingerprint density at radius 2 is 2.00 bits per heavy atom. The van der Waals surface area contributed by atoms with E-state index in [1.807, 2.05) is 32.0 Å². The molecule has 0 aliphatic rings. The Morgan fingerprint density at radius 1 is 1.37 bits per heavy atom. The van der Waals surface area contributed by atoms with E-state index in [-0.39, 0.29) is 0 Å². The Morgan fingerprint density at radius 3 is 2.53 bits per heavy atom. The highest BCUT2D eigenvalue weighted by molar-refractivity contribution is 7.78. The molecule has 0 atom stereocenters. The predicted molar refractivity (Wildman–Crippen MR) is 84.8 cm³/mol. The summed E-state index contributed by atoms with van der Waals surface area (Å²) in [6, 6.07) is 5.76. The molecule has 0 radical (unpaired) electrons. The van der Waals surface area contributed by atoms with Gasteiger partial charge >= 0.3 is 0 Å². The summed E-state index contributed by atoms with van der Waals surface area (Å²) in [5.74, 6) is 1.36. The van der Waals surface area contributed by atoms with E-state index in [0.717, 1.165) is 22.1 Å². The van der Waals surface area contributed by atoms with Crippen molar-refractivity contribution in [3.05, 3.63) is 24.4 Å². The maximum Gasteiger partial charge on any atom is 0.223 e. The zero-order valence-electron chi connectivity index (χ0n) is 11.7. The highest BCUT2D eigenvalue weighted by atomic mass is 32.1. The number of ether oxygens (including phenoxy) is 1. The summed E-state index contributed by atoms with van der Waals surface area (Å²) in [4.78, 5) is 8.44. The van der Waals surface area contributed by atoms with E-state index in [2.05, 4.69) is 33.2 Å². The van der Waals surface area contributed by atoms with Gasteiger partial charge in [-0.15, -0.1) is 0 Å². The first-order chi connectivity index (χ1) is 9.26. The molecule has 0 saturated carbocycles. The fourth-order valence-electron chi connectivity index (χ4n) is 1.31. The number of methoxy groups -OCH3 is 1. The van der Waals surface area contributed by atoms with Crippen molar-refractivity contribution in [2.45, 2.75) is 13.8 Å². The van der Waals surface area contributed by atoms with Crippen molar-refractivity contribution >= 4 is 34.6 Å². The zero-order valence-corrected chi connectivity index (χ0v) is 12.5. The van der Waals surface area contributed by atoms with Crippen molar-refractivity contribution in [2.24, 2.45) is 5.73 Å². The second kappa shape index (κ2) is 10.0. The number of nitrogens with zero attached hydrogens (tertiary/aromatic N) is 2. The van der Waals surface area contributed by atoms with E-state index in [4.69, 9.17) is 4.74 Å². The van der Waals surface area contributed by atoms with Crippen molar-refractivity contribution in [2.75, 3.05) is 19.5 Å². The van der Waals surface area contributed by atoms with Crippen LogP contribution in [0.1, 0.15) is 13.8 Å². The standard InChI is InChI=1S/C10H11N3O.C2H6.CH3NS/c1-11-10-12-6-7-4-3-5-8(14-2)9(7)13-10;1-2;2-1-3/h3-6H,1-2H3,(H,11,12,13);1-2H3;1H,(H2,2,3). The molecule has 104 valence electrons. The largest absolute Gasteiger partial charge is 0.494 e. The average molecular weight is 280 g/mol. The Balaban J connectivity index is 0.000000573. The number of fused-ring (bicyclic) bond motifs is 1. The van der Waals surface area contributed by atoms with Crippen LogP contribution in [0.4, 0.5) is 5.95 Å². The van der Waals surface area contributed by atoms with Crippen molar-refractivity contribution in [1.29, 1.82) is 0 Å². The monoisotopic (exact) mass is 280 g/mol. The topological polar surface area (TPSA) is 73.1 Å². The van der Waals surface area contributed by atoms with Crippen LogP contribution in [-0.4, -0.2) is 29.6 Å². The van der Waals surface area contributed by atoms with Gasteiger partial charge in [0.1, 0.15) is 11.3 Å². The molecule has 2 rings (SSSR count). The van der Waals surface area contributed by atoms with Crippen molar-refractivity contribution in [3.8, 4) is 5.75 Å². The quantitative estimate of drug-likeness (QED) is 0.824. The number of hydrogen-bond donors (Lipinski definition) is 2. The predicted octanol–water partition coefficient (Wildman–Crippen LogP) is 2.61. The van der Waals surface area contributed by atoms with Gasteiger partial charge in [0.25, 0.3) is 0 Å². The van der Waals surface area contributed by atoms with Gasteiger partial charge in [0.2, 0.25) is 5.95 Å². The minimum absolute atomic E-state index is 0.599. The third kappa shape index (κ3) is 5.05. The average Bonchev–Trinajstić information content (AvgIpc) is 2.49. The molecule has 19 heavy (non-hydrogen) atoms. The SMILES string of the molecule is CC.CNc1ncc2cccc(OC)c2n1.NC=S. The van der Waals surface area contributed by atoms with Gasteiger partial charge in [-0.25, -0.2) is 9.97 Å². The summed E-state index contributed by atoms with van der Waals surface area (Å²) in [5, 5.41) is 3.87. The van der Waals surface area contributed by atoms with Gasteiger partial charge in [-0.3, -0.25) is 0 Å². The molecule has 5 nitrogen and oxygen atoms in total. The third-order valence-electron chi connectivity index (χ3n) is 2.02. The maximum atomic E-state index is 5.21. The number of benzene rings is 1. The normalized spacial score (nSPS) is 8.42. The Bertz CT molecular complexity index is 505. The van der Waals surface area contributed by atoms with E-state index in [1.165, 1.54) is 0 Å². The number of rotatable bonds is 2. The summed E-state index contributed by atoms with van der Waals surface area (Å²) in [6.45, 7) is 4.00. The van der Waals surface area contributed by atoms with E-state index in [1.54, 1.807) is 20.4 Å². The molecule has 1 heterocycles. The first-order valence-corrected chi connectivity index (χ1v) is 6.36. The molecule has 0 unspecified atom stereocenters. The molecule has 0 aliphatic heterocycles. The zero-order chi connectivity index (χ0) is 14.7. The van der Waals surface area contributed by atoms with Crippen molar-refractivity contribution in [1.82, 2.24) is 9.97 Å². The minimum atomic E-state index is 0.599. The molecule has 0 fully saturated rings. The molecule has 1 aromatic carbocycles. The lowest BCUT2D eigenvalue weighted by Crippen LogP contribution is -1.96. The molecule has 0 amide bonds. The molecule has 6 heteroatoms. The van der Waals surface area contributed by atoms with Crippen molar-refractivity contribution in [3.63, 3.8) is 0 Å². The Labute approximate surface area is 119 Å². The fourth-order valence-corrected chi connectivity index (χ4v) is 1.31. The van der Waals surface area contributed by atoms with Crippen LogP contribution in [-0.2, 0) is 0 Å². The first kappa shape index (κ1) is 17.1. The van der Waals surface area contributed by atoms with Crippen LogP contribution in [0.2, 0.25) is 0 Å². The van der Waals surface area contributed by atoms with Gasteiger partial charge in [-0.1, -0.05) is 38.2 Å². The van der Waals surface area contributed by atoms with Gasteiger partial charge in [0.15, 0.2) is 0 Å². The van der Waals surface area contributed by atoms with Gasteiger partial charge < -0.3 is 15.8 Å². The Hall–Kier alpha value is -1.95. The summed E-state index contributed by atoms with van der Waals surface area (Å²) in [7, 11) is 3.42. The van der Waals surface area contributed by atoms with Gasteiger partial charge in [0, 0.05) is 18.6 Å². The second-order valence-corrected chi connectivity index (χ2v) is 3.25. The lowest BCUT2D eigenvalue weighted by atomic mass is 10.2. The van der Waals surface area contributed by atoms with Crippen LogP contribution in [0.15, 0.2) is 24.4 Å². The maximum absolute atomic E-state index is 5.21. The van der Waals surface area contributed by atoms with Gasteiger partial charge in [-0.05, 0) is 6.07 Å². The molecular weight excluding hydrogens is 260 g/mol. The highest BCUT2D eigenvalue weighted by Crippen LogP contribution is 2.23. The molecular formula is C13H20N4OS. The van der Waals surface area contributed by atoms with Gasteiger partial charge in [0.05, 0.1) is 12.6 Å². The van der Waals surface area contributed by atoms with Crippen LogP contribution in [0.25, 0.3) is 10.9 Å². The van der Waals surface area contributed by atoms with Gasteiger partial charge in [-0.2, -0.15) is 0 Å². The Kier molecular flexibility index (Phi) is 8.99. The van der Waals surface area contributed by atoms with Crippen LogP contribution < -0.4 is 15.8 Å². The minimum Gasteiger partial charge on any atom is -0.494 e. The fraction of sp³-hybridized carbons (Fsp3) is 0.308. The van der Waals surface area contributed by atoms with Crippen LogP contribution in [0, 0.1) is 0 Å². The molecule has 0 bridgehead atoms. The van der Waals surface area contributed by atoms with E-state index in [9.17, 15) is 0 Å². The molecule has 0 spiro atoms. The molecule has 0 saturated heterocycles. The summed E-state index contributed by atoms with van der Waals surface area (Å²) in [5.41, 5.74) is 6.45. The third-order valence-corrected chi connectivity index (χ3v) is 2.02. The smallest absolute Gasteiger partial charge is 0.223 e. The number of nitrogens with one attached hydrogen (secondary N) is 1. The van der Waals surface area contributed by atoms with Crippen LogP contribution in [0.3, 0.4) is 0 Å². The van der Waals surface area contributed by atoms with E-state index in [0.29, 0.717) is 5.95 Å². The summed E-state index contributed by atoms with van der Waals surface area (Å²) < 4.78 is 5.21. The molecule has 3 N–H and O–H groups in total. The lowest BCUT2D eigenvalue weighted by Gasteiger charge is -2.05. The number of hydrogen-bond acceptors (Lipinski definition) is 5. The number of aromatic nitrogens is 2. The van der Waals surface area contributed by atoms with E-state index >= 15 is 0 Å². The summed E-state index contributed by atoms with van der Waals surface area (Å²) >= 11 is 4.05. The molecule has 1 aromatic heterocycles. The molecule has 2 aromatic rings. The summed E-state index contributed by atoms with van der Waals surface area (Å²) in [6.07, 6.45) is 1.77. The van der Waals surface area contributed by atoms with Crippen molar-refractivity contribution < 1.29 is 4.74 Å². The second-order valence-electron chi connectivity index (χ2n) is 2.98. The lowest BCUT2D eigenvalue weighted by molar-refractivity contribution is 0.419. The number of nitrogens with two attached hydrogens (primary N) is 1. The first-order valence-electron chi connectivity index (χ1n) is 5.89. The number of anilines is 1. The highest BCUT2D eigenvalue weighted by Gasteiger charge is 2.03. The van der Waals surface area contributed by atoms with Crippen LogP contribution >= 0.6 is 12.2 Å².